The van der Waals surface area contributed by atoms with Gasteiger partial charge in [-0.05, 0) is 0 Å². The van der Waals surface area contributed by atoms with Crippen LogP contribution in [0.2, 0.25) is 0 Å². The molecule has 2 aromatic rings. The first-order chi connectivity index (χ1) is 7.48. The summed E-state index contributed by atoms with van der Waals surface area (Å²) < 4.78 is 38.9. The van der Waals surface area contributed by atoms with Crippen LogP contribution in [-0.4, -0.2) is 19.5 Å². The minimum absolute atomic E-state index is 0.0439. The summed E-state index contributed by atoms with van der Waals surface area (Å²) in [5.41, 5.74) is -0.867. The normalized spacial score (nSPS) is 12.0. The molecule has 1 N–H and O–H groups in total. The number of aromatic amines is 1. The molecule has 0 aliphatic rings. The molecule has 2 heterocycles. The third kappa shape index (κ3) is 1.93. The smallest absolute Gasteiger partial charge is 0.348 e. The molecule has 85 valence electrons. The summed E-state index contributed by atoms with van der Waals surface area (Å²) in [5.74, 6) is 0.461. The number of alkyl halides is 3. The summed E-state index contributed by atoms with van der Waals surface area (Å²) in [6.07, 6.45) is 0.900. The third-order valence-electron chi connectivity index (χ3n) is 2.15. The number of aryl methyl sites for hydroxylation is 1. The van der Waals surface area contributed by atoms with Crippen LogP contribution in [0.15, 0.2) is 12.4 Å². The largest absolute Gasteiger partial charge is 0.435 e. The third-order valence-corrected chi connectivity index (χ3v) is 2.15. The highest BCUT2D eigenvalue weighted by atomic mass is 19.4. The van der Waals surface area contributed by atoms with Crippen LogP contribution in [0.5, 0.6) is 0 Å². The number of rotatable bonds is 2. The predicted molar refractivity (Wildman–Crippen MR) is 48.4 cm³/mol. The quantitative estimate of drug-likeness (QED) is 0.849. The van der Waals surface area contributed by atoms with E-state index >= 15 is 0 Å². The number of hydrogen-bond acceptors (Lipinski definition) is 2. The molecule has 0 saturated heterocycles. The molecule has 2 aromatic heterocycles. The predicted octanol–water partition coefficient (Wildman–Crippen LogP) is 1.55. The number of imidazole rings is 2. The highest BCUT2D eigenvalue weighted by Gasteiger charge is 2.37. The van der Waals surface area contributed by atoms with Crippen LogP contribution in [0.3, 0.4) is 0 Å². The highest BCUT2D eigenvalue weighted by molar-refractivity contribution is 5.19. The Morgan fingerprint density at radius 2 is 2.25 bits per heavy atom. The van der Waals surface area contributed by atoms with E-state index in [1.807, 2.05) is 0 Å². The van der Waals surface area contributed by atoms with Gasteiger partial charge in [-0.2, -0.15) is 13.2 Å². The monoisotopic (exact) mass is 229 g/mol. The zero-order chi connectivity index (χ0) is 11.8. The van der Waals surface area contributed by atoms with E-state index in [9.17, 15) is 13.2 Å². The minimum atomic E-state index is -4.46. The van der Waals surface area contributed by atoms with Crippen molar-refractivity contribution in [2.24, 2.45) is 7.05 Å². The van der Waals surface area contributed by atoms with E-state index in [1.165, 1.54) is 17.8 Å². The Balaban J connectivity index is 2.36. The van der Waals surface area contributed by atoms with E-state index in [-0.39, 0.29) is 12.1 Å². The topological polar surface area (TPSA) is 46.5 Å². The van der Waals surface area contributed by atoms with Gasteiger partial charge in [0.2, 0.25) is 0 Å². The molecule has 0 unspecified atom stereocenters. The van der Waals surface area contributed by atoms with Gasteiger partial charge in [0, 0.05) is 25.9 Å². The molecule has 0 aliphatic heterocycles. The van der Waals surface area contributed by atoms with Crippen LogP contribution in [-0.2, 0) is 19.6 Å². The van der Waals surface area contributed by atoms with Gasteiger partial charge in [0.25, 0.3) is 0 Å². The van der Waals surface area contributed by atoms with E-state index in [0.717, 1.165) is 0 Å². The second-order valence-corrected chi connectivity index (χ2v) is 3.28. The van der Waals surface area contributed by atoms with Crippen molar-refractivity contribution >= 4 is 0 Å². The molecule has 0 amide bonds. The van der Waals surface area contributed by atoms with Gasteiger partial charge in [0.1, 0.15) is 5.82 Å². The summed E-state index contributed by atoms with van der Waals surface area (Å²) in [6, 6.07) is 0. The Hall–Kier alpha value is -1.79. The Morgan fingerprint density at radius 3 is 2.81 bits per heavy atom. The van der Waals surface area contributed by atoms with Gasteiger partial charge in [-0.1, -0.05) is 0 Å². The molecule has 0 aromatic carbocycles. The number of H-pyrrole nitrogens is 1. The van der Waals surface area contributed by atoms with Crippen LogP contribution in [0.1, 0.15) is 17.2 Å². The van der Waals surface area contributed by atoms with Crippen molar-refractivity contribution in [3.63, 3.8) is 0 Å². The molecule has 2 rings (SSSR count). The fraction of sp³-hybridized carbons (Fsp3) is 0.333. The maximum atomic E-state index is 12.6. The van der Waals surface area contributed by atoms with Gasteiger partial charge in [-0.15, -0.1) is 0 Å². The van der Waals surface area contributed by atoms with Crippen molar-refractivity contribution in [3.8, 4) is 0 Å². The number of nitrogens with zero attached hydrogens (tertiary/aromatic N) is 3. The van der Waals surface area contributed by atoms with E-state index in [2.05, 4.69) is 21.3 Å². The zero-order valence-corrected chi connectivity index (χ0v) is 8.34. The lowest BCUT2D eigenvalue weighted by molar-refractivity contribution is -0.141. The Kier molecular flexibility index (Phi) is 2.45. The second-order valence-electron chi connectivity index (χ2n) is 3.28. The summed E-state index contributed by atoms with van der Waals surface area (Å²) in [6.45, 7) is 0. The fourth-order valence-electron chi connectivity index (χ4n) is 1.39. The van der Waals surface area contributed by atoms with Gasteiger partial charge in [-0.3, -0.25) is 0 Å². The van der Waals surface area contributed by atoms with Gasteiger partial charge in [-0.25, -0.2) is 9.97 Å². The van der Waals surface area contributed by atoms with Crippen molar-refractivity contribution in [2.75, 3.05) is 0 Å². The Bertz CT molecular complexity index is 469. The van der Waals surface area contributed by atoms with Crippen molar-refractivity contribution in [3.05, 3.63) is 35.9 Å². The first-order valence-corrected chi connectivity index (χ1v) is 4.47. The Morgan fingerprint density at radius 1 is 1.50 bits per heavy atom. The maximum Gasteiger partial charge on any atom is 0.435 e. The molecule has 0 spiro atoms. The molecule has 7 heteroatoms. The molecule has 0 fully saturated rings. The summed E-state index contributed by atoms with van der Waals surface area (Å²) >= 11 is 0. The van der Waals surface area contributed by atoms with Gasteiger partial charge < -0.3 is 9.55 Å². The molecule has 16 heavy (non-hydrogen) atoms. The molecular formula is C9H8F3N4. The van der Waals surface area contributed by atoms with Crippen LogP contribution < -0.4 is 0 Å². The average molecular weight is 229 g/mol. The first kappa shape index (κ1) is 10.7. The minimum Gasteiger partial charge on any atom is -0.348 e. The summed E-state index contributed by atoms with van der Waals surface area (Å²) in [7, 11) is 1.47. The van der Waals surface area contributed by atoms with Gasteiger partial charge >= 0.3 is 6.18 Å². The van der Waals surface area contributed by atoms with Crippen molar-refractivity contribution in [1.29, 1.82) is 0 Å². The van der Waals surface area contributed by atoms with Crippen molar-refractivity contribution in [1.82, 2.24) is 19.5 Å². The van der Waals surface area contributed by atoms with Crippen molar-refractivity contribution < 1.29 is 13.2 Å². The van der Waals surface area contributed by atoms with Crippen LogP contribution in [0.25, 0.3) is 0 Å². The lowest BCUT2D eigenvalue weighted by atomic mass is 10.2. The highest BCUT2D eigenvalue weighted by Crippen LogP contribution is 2.30. The molecular weight excluding hydrogens is 221 g/mol. The number of hydrogen-bond donors (Lipinski definition) is 1. The van der Waals surface area contributed by atoms with E-state index < -0.39 is 11.9 Å². The molecule has 0 saturated carbocycles. The SMILES string of the molecule is Cn1[c]nc(C(F)(F)F)c1Cc1ncc[nH]1. The van der Waals surface area contributed by atoms with Crippen LogP contribution in [0, 0.1) is 6.33 Å². The fourth-order valence-corrected chi connectivity index (χ4v) is 1.39. The van der Waals surface area contributed by atoms with Crippen LogP contribution in [0.4, 0.5) is 13.2 Å². The Labute approximate surface area is 89.1 Å². The molecule has 0 bridgehead atoms. The maximum absolute atomic E-state index is 12.6. The molecule has 0 aliphatic carbocycles. The van der Waals surface area contributed by atoms with Gasteiger partial charge in [0.05, 0.1) is 5.69 Å². The summed E-state index contributed by atoms with van der Waals surface area (Å²) in [5, 5.41) is 0. The zero-order valence-electron chi connectivity index (χ0n) is 8.34. The second kappa shape index (κ2) is 3.66. The average Bonchev–Trinajstić information content (AvgIpc) is 2.76. The standard InChI is InChI=1S/C9H8F3N4/c1-16-5-15-8(9(10,11)12)6(16)4-7-13-2-3-14-7/h2-3H,4H2,1H3,(H,13,14). The van der Waals surface area contributed by atoms with E-state index in [0.29, 0.717) is 5.82 Å². The number of halogens is 3. The van der Waals surface area contributed by atoms with E-state index in [1.54, 1.807) is 6.20 Å². The first-order valence-electron chi connectivity index (χ1n) is 4.47. The van der Waals surface area contributed by atoms with Gasteiger partial charge in [0.15, 0.2) is 12.0 Å². The lowest BCUT2D eigenvalue weighted by Crippen LogP contribution is -2.11. The molecule has 1 radical (unpaired) electrons. The lowest BCUT2D eigenvalue weighted by Gasteiger charge is -2.07. The number of aromatic nitrogens is 4. The summed E-state index contributed by atoms with van der Waals surface area (Å²) in [4.78, 5) is 9.86. The molecule has 0 atom stereocenters. The number of nitrogens with one attached hydrogen (secondary N) is 1. The molecule has 4 nitrogen and oxygen atoms in total. The van der Waals surface area contributed by atoms with E-state index in [4.69, 9.17) is 0 Å². The van der Waals surface area contributed by atoms with Crippen LogP contribution >= 0.6 is 0 Å². The van der Waals surface area contributed by atoms with Crippen molar-refractivity contribution in [2.45, 2.75) is 12.6 Å².